The summed E-state index contributed by atoms with van der Waals surface area (Å²) in [5.74, 6) is -0.0806. The average molecular weight is 362 g/mol. The number of nitrogens with zero attached hydrogens (tertiary/aromatic N) is 1. The fourth-order valence-electron chi connectivity index (χ4n) is 2.34. The molecule has 0 saturated heterocycles. The van der Waals surface area contributed by atoms with Crippen molar-refractivity contribution in [2.24, 2.45) is 0 Å². The molecule has 3 rings (SSSR count). The van der Waals surface area contributed by atoms with Crippen LogP contribution in [0, 0.1) is 0 Å². The van der Waals surface area contributed by atoms with E-state index in [1.54, 1.807) is 12.1 Å². The molecule has 0 saturated carbocycles. The van der Waals surface area contributed by atoms with Gasteiger partial charge in [0.2, 0.25) is 11.3 Å². The van der Waals surface area contributed by atoms with Crippen LogP contribution in [0.1, 0.15) is 22.8 Å². The zero-order valence-corrected chi connectivity index (χ0v) is 17.3. The first-order chi connectivity index (χ1) is 11.7. The zero-order chi connectivity index (χ0) is 16.9. The minimum absolute atomic E-state index is 0. The molecule has 0 aliphatic heterocycles. The maximum absolute atomic E-state index is 12.5. The summed E-state index contributed by atoms with van der Waals surface area (Å²) in [6.07, 6.45) is 1.41. The predicted octanol–water partition coefficient (Wildman–Crippen LogP) is 1.87. The van der Waals surface area contributed by atoms with E-state index >= 15 is 0 Å². The Morgan fingerprint density at radius 2 is 1.96 bits per heavy atom. The van der Waals surface area contributed by atoms with E-state index in [-0.39, 0.29) is 62.5 Å². The number of hydrogen-bond donors (Lipinski definition) is 2. The molecule has 0 fully saturated rings. The van der Waals surface area contributed by atoms with Crippen LogP contribution in [0.15, 0.2) is 53.5 Å². The molecule has 2 heterocycles. The topological polar surface area (TPSA) is 84.1 Å². The number of H-pyrrole nitrogens is 1. The Bertz CT molecular complexity index is 926. The van der Waals surface area contributed by atoms with E-state index in [1.165, 1.54) is 6.20 Å². The van der Waals surface area contributed by atoms with Gasteiger partial charge in [0.05, 0.1) is 12.1 Å². The molecular formula is C18H17KN3O3. The van der Waals surface area contributed by atoms with Crippen molar-refractivity contribution >= 4 is 68.3 Å². The van der Waals surface area contributed by atoms with Crippen molar-refractivity contribution in [3.63, 3.8) is 0 Å². The number of nitrogens with one attached hydrogen (secondary N) is 2. The minimum atomic E-state index is -0.439. The molecule has 1 aromatic carbocycles. The number of carbonyl (C=O) groups excluding carboxylic acids is 1. The van der Waals surface area contributed by atoms with E-state index in [1.807, 2.05) is 37.3 Å². The van der Waals surface area contributed by atoms with Gasteiger partial charge in [-0.2, -0.15) is 0 Å². The van der Waals surface area contributed by atoms with Crippen LogP contribution < -0.4 is 15.5 Å². The fourth-order valence-corrected chi connectivity index (χ4v) is 2.34. The molecule has 25 heavy (non-hydrogen) atoms. The normalized spacial score (nSPS) is 10.1. The third-order valence-corrected chi connectivity index (χ3v) is 3.53. The Kier molecular flexibility index (Phi) is 7.33. The summed E-state index contributed by atoms with van der Waals surface area (Å²) in [6.45, 7) is 2.64. The monoisotopic (exact) mass is 362 g/mol. The van der Waals surface area contributed by atoms with Crippen LogP contribution in [-0.4, -0.2) is 73.9 Å². The van der Waals surface area contributed by atoms with Gasteiger partial charge in [-0.25, -0.2) is 4.98 Å². The molecule has 7 heteroatoms. The molecule has 0 bridgehead atoms. The molecule has 1 amide bonds. The summed E-state index contributed by atoms with van der Waals surface area (Å²) >= 11 is 0. The second-order valence-electron chi connectivity index (χ2n) is 5.18. The van der Waals surface area contributed by atoms with Crippen LogP contribution in [0.4, 0.5) is 0 Å². The average Bonchev–Trinajstić information content (AvgIpc) is 2.61. The van der Waals surface area contributed by atoms with Crippen molar-refractivity contribution in [1.82, 2.24) is 15.3 Å². The largest absolute Gasteiger partial charge is 0.478 e. The van der Waals surface area contributed by atoms with Crippen LogP contribution in [0.25, 0.3) is 11.0 Å². The Morgan fingerprint density at radius 1 is 1.20 bits per heavy atom. The number of aromatic nitrogens is 2. The third-order valence-electron chi connectivity index (χ3n) is 3.53. The Morgan fingerprint density at radius 3 is 2.68 bits per heavy atom. The van der Waals surface area contributed by atoms with Gasteiger partial charge in [0.1, 0.15) is 11.1 Å². The van der Waals surface area contributed by atoms with E-state index in [9.17, 15) is 9.59 Å². The number of rotatable bonds is 5. The SMILES string of the molecule is CCOc1ccc2[nH]cc(C(=O)NCc3ccccc3)c(=O)c2n1.[K]. The minimum Gasteiger partial charge on any atom is -0.478 e. The van der Waals surface area contributed by atoms with Crippen molar-refractivity contribution in [3.05, 3.63) is 70.0 Å². The van der Waals surface area contributed by atoms with Gasteiger partial charge in [-0.1, -0.05) is 30.3 Å². The van der Waals surface area contributed by atoms with E-state index < -0.39 is 11.3 Å². The van der Waals surface area contributed by atoms with Gasteiger partial charge < -0.3 is 15.0 Å². The van der Waals surface area contributed by atoms with Crippen molar-refractivity contribution in [2.75, 3.05) is 6.61 Å². The van der Waals surface area contributed by atoms with E-state index in [0.717, 1.165) is 5.56 Å². The number of pyridine rings is 2. The number of amides is 1. The van der Waals surface area contributed by atoms with Crippen LogP contribution >= 0.6 is 0 Å². The number of aromatic amines is 1. The number of fused-ring (bicyclic) bond motifs is 1. The van der Waals surface area contributed by atoms with Gasteiger partial charge in [-0.05, 0) is 18.6 Å². The first-order valence-electron chi connectivity index (χ1n) is 7.66. The first kappa shape index (κ1) is 19.8. The zero-order valence-electron chi connectivity index (χ0n) is 14.2. The molecule has 3 aromatic rings. The summed E-state index contributed by atoms with van der Waals surface area (Å²) in [5, 5.41) is 2.74. The van der Waals surface area contributed by atoms with Crippen molar-refractivity contribution in [1.29, 1.82) is 0 Å². The Labute approximate surface area is 187 Å². The molecule has 0 spiro atoms. The summed E-state index contributed by atoms with van der Waals surface area (Å²) < 4.78 is 5.31. The molecule has 1 radical (unpaired) electrons. The van der Waals surface area contributed by atoms with E-state index in [0.29, 0.717) is 24.5 Å². The standard InChI is InChI=1S/C18H17N3O3.K/c1-2-24-15-9-8-14-16(21-15)17(22)13(11-19-14)18(23)20-10-12-6-4-3-5-7-12;/h3-9,11H,2,10H2,1H3,(H,19,22)(H,20,23);. The predicted molar refractivity (Wildman–Crippen MR) is 96.9 cm³/mol. The Balaban J connectivity index is 0.00000225. The van der Waals surface area contributed by atoms with Gasteiger partial charge in [0.15, 0.2) is 0 Å². The van der Waals surface area contributed by atoms with Crippen LogP contribution in [-0.2, 0) is 6.54 Å². The molecule has 123 valence electrons. The van der Waals surface area contributed by atoms with Gasteiger partial charge in [-0.3, -0.25) is 9.59 Å². The smallest absolute Gasteiger partial charge is 0.257 e. The van der Waals surface area contributed by atoms with Crippen molar-refractivity contribution < 1.29 is 9.53 Å². The molecule has 2 aromatic heterocycles. The van der Waals surface area contributed by atoms with Gasteiger partial charge in [0.25, 0.3) is 5.91 Å². The third kappa shape index (κ3) is 4.77. The van der Waals surface area contributed by atoms with Crippen molar-refractivity contribution in [3.8, 4) is 5.88 Å². The second kappa shape index (κ2) is 9.26. The summed E-state index contributed by atoms with van der Waals surface area (Å²) in [6, 6.07) is 12.9. The van der Waals surface area contributed by atoms with E-state index in [2.05, 4.69) is 15.3 Å². The first-order valence-corrected chi connectivity index (χ1v) is 7.66. The number of ether oxygens (including phenoxy) is 1. The maximum atomic E-state index is 12.5. The maximum Gasteiger partial charge on any atom is 0.257 e. The molecule has 2 N–H and O–H groups in total. The van der Waals surface area contributed by atoms with Crippen LogP contribution in [0.5, 0.6) is 5.88 Å². The van der Waals surface area contributed by atoms with Crippen LogP contribution in [0.2, 0.25) is 0 Å². The molecular weight excluding hydrogens is 345 g/mol. The molecule has 0 unspecified atom stereocenters. The molecule has 0 atom stereocenters. The number of carbonyl (C=O) groups is 1. The summed E-state index contributed by atoms with van der Waals surface area (Å²) in [7, 11) is 0. The van der Waals surface area contributed by atoms with Gasteiger partial charge in [0, 0.05) is 70.2 Å². The molecule has 6 nitrogen and oxygen atoms in total. The summed E-state index contributed by atoms with van der Waals surface area (Å²) in [4.78, 5) is 32.0. The second-order valence-corrected chi connectivity index (χ2v) is 5.18. The number of hydrogen-bond acceptors (Lipinski definition) is 4. The van der Waals surface area contributed by atoms with Crippen LogP contribution in [0.3, 0.4) is 0 Å². The fraction of sp³-hybridized carbons (Fsp3) is 0.167. The van der Waals surface area contributed by atoms with Gasteiger partial charge in [-0.15, -0.1) is 0 Å². The van der Waals surface area contributed by atoms with Crippen molar-refractivity contribution in [2.45, 2.75) is 13.5 Å². The Hall–Kier alpha value is -1.51. The van der Waals surface area contributed by atoms with E-state index in [4.69, 9.17) is 4.74 Å². The quantitative estimate of drug-likeness (QED) is 0.679. The number of benzene rings is 1. The summed E-state index contributed by atoms with van der Waals surface area (Å²) in [5.41, 5.74) is 1.31. The molecule has 0 aliphatic carbocycles. The molecule has 0 aliphatic rings. The van der Waals surface area contributed by atoms with Gasteiger partial charge >= 0.3 is 0 Å².